The number of hydrogen-bond donors (Lipinski definition) is 2. The lowest BCUT2D eigenvalue weighted by Gasteiger charge is -2.23. The summed E-state index contributed by atoms with van der Waals surface area (Å²) in [5.41, 5.74) is 6.77. The molecular formula is C14H20N2O3S. The van der Waals surface area contributed by atoms with E-state index in [1.807, 2.05) is 6.92 Å². The standard InChI is InChI=1S/C14H20N2O3S/c1-2-19-13-11(4-3-5-12(13)15)14(17)16-10-6-8-20(18)9-7-10/h3-5,10H,2,6-9,15H2,1H3,(H,16,17). The van der Waals surface area contributed by atoms with Crippen LogP contribution >= 0.6 is 0 Å². The zero-order valence-electron chi connectivity index (χ0n) is 11.6. The van der Waals surface area contributed by atoms with Crippen LogP contribution in [0, 0.1) is 0 Å². The average Bonchev–Trinajstić information content (AvgIpc) is 2.43. The van der Waals surface area contributed by atoms with Gasteiger partial charge in [0.1, 0.15) is 0 Å². The van der Waals surface area contributed by atoms with E-state index in [1.165, 1.54) is 0 Å². The summed E-state index contributed by atoms with van der Waals surface area (Å²) in [6.07, 6.45) is 1.51. The Labute approximate surface area is 121 Å². The molecule has 5 nitrogen and oxygen atoms in total. The highest BCUT2D eigenvalue weighted by Crippen LogP contribution is 2.26. The predicted octanol–water partition coefficient (Wildman–Crippen LogP) is 1.31. The fraction of sp³-hybridized carbons (Fsp3) is 0.500. The van der Waals surface area contributed by atoms with Crippen molar-refractivity contribution in [3.63, 3.8) is 0 Å². The number of anilines is 1. The molecule has 1 saturated heterocycles. The van der Waals surface area contributed by atoms with Crippen LogP contribution in [0.15, 0.2) is 18.2 Å². The molecule has 0 bridgehead atoms. The first-order chi connectivity index (χ1) is 9.61. The van der Waals surface area contributed by atoms with E-state index in [2.05, 4.69) is 5.32 Å². The van der Waals surface area contributed by atoms with E-state index in [0.717, 1.165) is 12.8 Å². The maximum absolute atomic E-state index is 12.3. The summed E-state index contributed by atoms with van der Waals surface area (Å²) in [6.45, 7) is 2.31. The summed E-state index contributed by atoms with van der Waals surface area (Å²) in [6, 6.07) is 5.24. The third kappa shape index (κ3) is 3.50. The van der Waals surface area contributed by atoms with Gasteiger partial charge in [-0.15, -0.1) is 0 Å². The van der Waals surface area contributed by atoms with E-state index in [1.54, 1.807) is 18.2 Å². The van der Waals surface area contributed by atoms with E-state index in [4.69, 9.17) is 10.5 Å². The predicted molar refractivity (Wildman–Crippen MR) is 80.4 cm³/mol. The molecule has 1 heterocycles. The zero-order chi connectivity index (χ0) is 14.5. The molecule has 1 aliphatic heterocycles. The molecule has 1 amide bonds. The van der Waals surface area contributed by atoms with Crippen molar-refractivity contribution in [2.45, 2.75) is 25.8 Å². The fourth-order valence-corrected chi connectivity index (χ4v) is 3.54. The van der Waals surface area contributed by atoms with Gasteiger partial charge in [-0.1, -0.05) is 6.07 Å². The Morgan fingerprint density at radius 3 is 2.80 bits per heavy atom. The van der Waals surface area contributed by atoms with Crippen LogP contribution in [0.1, 0.15) is 30.1 Å². The first-order valence-electron chi connectivity index (χ1n) is 6.79. The van der Waals surface area contributed by atoms with Gasteiger partial charge >= 0.3 is 0 Å². The van der Waals surface area contributed by atoms with E-state index in [-0.39, 0.29) is 11.9 Å². The SMILES string of the molecule is CCOc1c(N)cccc1C(=O)NC1CCS(=O)CC1. The summed E-state index contributed by atoms with van der Waals surface area (Å²) in [4.78, 5) is 12.3. The molecule has 0 radical (unpaired) electrons. The quantitative estimate of drug-likeness (QED) is 0.821. The third-order valence-corrected chi connectivity index (χ3v) is 4.68. The smallest absolute Gasteiger partial charge is 0.255 e. The Hall–Kier alpha value is -1.56. The molecule has 110 valence electrons. The molecule has 6 heteroatoms. The lowest BCUT2D eigenvalue weighted by Crippen LogP contribution is -2.39. The van der Waals surface area contributed by atoms with E-state index >= 15 is 0 Å². The number of carbonyl (C=O) groups excluding carboxylic acids is 1. The fourth-order valence-electron chi connectivity index (χ4n) is 2.24. The number of benzene rings is 1. The lowest BCUT2D eigenvalue weighted by molar-refractivity contribution is 0.0931. The number of carbonyl (C=O) groups is 1. The molecule has 1 aliphatic rings. The topological polar surface area (TPSA) is 81.4 Å². The summed E-state index contributed by atoms with van der Waals surface area (Å²) >= 11 is 0. The zero-order valence-corrected chi connectivity index (χ0v) is 12.4. The molecule has 0 aliphatic carbocycles. The number of nitrogen functional groups attached to an aromatic ring is 1. The van der Waals surface area contributed by atoms with Crippen LogP contribution in [0.5, 0.6) is 5.75 Å². The highest BCUT2D eigenvalue weighted by molar-refractivity contribution is 7.85. The highest BCUT2D eigenvalue weighted by Gasteiger charge is 2.22. The van der Waals surface area contributed by atoms with Crippen LogP contribution in [-0.2, 0) is 10.8 Å². The van der Waals surface area contributed by atoms with Crippen molar-refractivity contribution in [2.75, 3.05) is 23.8 Å². The van der Waals surface area contributed by atoms with Gasteiger partial charge in [0.05, 0.1) is 17.9 Å². The molecule has 0 unspecified atom stereocenters. The number of amides is 1. The number of nitrogens with two attached hydrogens (primary N) is 1. The largest absolute Gasteiger partial charge is 0.491 e. The molecule has 0 saturated carbocycles. The second-order valence-electron chi connectivity index (χ2n) is 4.75. The van der Waals surface area contributed by atoms with E-state index in [9.17, 15) is 9.00 Å². The minimum absolute atomic E-state index is 0.0797. The van der Waals surface area contributed by atoms with Crippen molar-refractivity contribution < 1.29 is 13.7 Å². The second-order valence-corrected chi connectivity index (χ2v) is 6.45. The molecule has 1 fully saturated rings. The minimum atomic E-state index is -0.727. The van der Waals surface area contributed by atoms with Crippen LogP contribution < -0.4 is 15.8 Å². The van der Waals surface area contributed by atoms with Gasteiger partial charge in [0.15, 0.2) is 5.75 Å². The normalized spacial score (nSPS) is 22.2. The molecule has 1 aromatic rings. The number of para-hydroxylation sites is 1. The van der Waals surface area contributed by atoms with Gasteiger partial charge in [-0.2, -0.15) is 0 Å². The molecule has 0 spiro atoms. The van der Waals surface area contributed by atoms with Gasteiger partial charge < -0.3 is 15.8 Å². The summed E-state index contributed by atoms with van der Waals surface area (Å²) in [5.74, 6) is 1.56. The molecule has 2 rings (SSSR count). The van der Waals surface area contributed by atoms with Crippen molar-refractivity contribution in [3.05, 3.63) is 23.8 Å². The van der Waals surface area contributed by atoms with Gasteiger partial charge in [-0.25, -0.2) is 0 Å². The van der Waals surface area contributed by atoms with Gasteiger partial charge in [0, 0.05) is 28.3 Å². The van der Waals surface area contributed by atoms with Crippen molar-refractivity contribution >= 4 is 22.4 Å². The number of nitrogens with one attached hydrogen (secondary N) is 1. The third-order valence-electron chi connectivity index (χ3n) is 3.30. The van der Waals surface area contributed by atoms with Crippen LogP contribution in [0.3, 0.4) is 0 Å². The number of hydrogen-bond acceptors (Lipinski definition) is 4. The van der Waals surface area contributed by atoms with Gasteiger partial charge in [-0.05, 0) is 31.9 Å². The van der Waals surface area contributed by atoms with Crippen molar-refractivity contribution in [1.29, 1.82) is 0 Å². The van der Waals surface area contributed by atoms with Crippen LogP contribution in [0.2, 0.25) is 0 Å². The van der Waals surface area contributed by atoms with Gasteiger partial charge in [0.25, 0.3) is 5.91 Å². The Kier molecular flexibility index (Phi) is 5.00. The maximum Gasteiger partial charge on any atom is 0.255 e. The summed E-state index contributed by atoms with van der Waals surface area (Å²) in [7, 11) is -0.727. The Morgan fingerprint density at radius 1 is 1.45 bits per heavy atom. The molecular weight excluding hydrogens is 276 g/mol. The average molecular weight is 296 g/mol. The van der Waals surface area contributed by atoms with Gasteiger partial charge in [-0.3, -0.25) is 9.00 Å². The molecule has 0 atom stereocenters. The summed E-state index contributed by atoms with van der Waals surface area (Å²) in [5, 5.41) is 2.97. The molecule has 0 aromatic heterocycles. The second kappa shape index (κ2) is 6.74. The van der Waals surface area contributed by atoms with Crippen molar-refractivity contribution in [1.82, 2.24) is 5.32 Å². The number of rotatable bonds is 4. The maximum atomic E-state index is 12.3. The van der Waals surface area contributed by atoms with E-state index < -0.39 is 10.8 Å². The first-order valence-corrected chi connectivity index (χ1v) is 8.27. The Balaban J connectivity index is 2.09. The Morgan fingerprint density at radius 2 is 2.15 bits per heavy atom. The number of ether oxygens (including phenoxy) is 1. The lowest BCUT2D eigenvalue weighted by atomic mass is 10.1. The van der Waals surface area contributed by atoms with Gasteiger partial charge in [0.2, 0.25) is 0 Å². The molecule has 3 N–H and O–H groups in total. The van der Waals surface area contributed by atoms with Crippen LogP contribution in [-0.4, -0.2) is 34.3 Å². The minimum Gasteiger partial charge on any atom is -0.491 e. The van der Waals surface area contributed by atoms with Crippen LogP contribution in [0.4, 0.5) is 5.69 Å². The Bertz CT molecular complexity index is 509. The highest BCUT2D eigenvalue weighted by atomic mass is 32.2. The first kappa shape index (κ1) is 14.8. The molecule has 1 aromatic carbocycles. The molecule has 20 heavy (non-hydrogen) atoms. The van der Waals surface area contributed by atoms with Crippen LogP contribution in [0.25, 0.3) is 0 Å². The summed E-state index contributed by atoms with van der Waals surface area (Å²) < 4.78 is 16.8. The van der Waals surface area contributed by atoms with Crippen molar-refractivity contribution in [3.8, 4) is 5.75 Å². The van der Waals surface area contributed by atoms with E-state index in [0.29, 0.717) is 35.1 Å². The van der Waals surface area contributed by atoms with Crippen molar-refractivity contribution in [2.24, 2.45) is 0 Å². The monoisotopic (exact) mass is 296 g/mol.